The molecule has 0 spiro atoms. The van der Waals surface area contributed by atoms with Crippen LogP contribution in [0.3, 0.4) is 0 Å². The number of rotatable bonds is 7. The lowest BCUT2D eigenvalue weighted by Crippen LogP contribution is -2.31. The van der Waals surface area contributed by atoms with Crippen LogP contribution in [0.4, 0.5) is 0 Å². The summed E-state index contributed by atoms with van der Waals surface area (Å²) < 4.78 is 1.04. The Hall–Kier alpha value is -1.26. The molecule has 0 aliphatic carbocycles. The van der Waals surface area contributed by atoms with Crippen molar-refractivity contribution >= 4 is 15.9 Å². The average Bonchev–Trinajstić information content (AvgIpc) is 2.46. The maximum Gasteiger partial charge on any atom is 0.0410 e. The van der Waals surface area contributed by atoms with Gasteiger partial charge in [0, 0.05) is 35.3 Å². The average molecular weight is 334 g/mol. The molecule has 106 valence electrons. The van der Waals surface area contributed by atoms with E-state index in [1.54, 1.807) is 0 Å². The van der Waals surface area contributed by atoms with Gasteiger partial charge in [-0.15, -0.1) is 0 Å². The zero-order valence-corrected chi connectivity index (χ0v) is 13.3. The van der Waals surface area contributed by atoms with Gasteiger partial charge in [-0.1, -0.05) is 6.92 Å². The highest BCUT2D eigenvalue weighted by molar-refractivity contribution is 9.10. The largest absolute Gasteiger partial charge is 0.314 e. The smallest absolute Gasteiger partial charge is 0.0410 e. The monoisotopic (exact) mass is 333 g/mol. The van der Waals surface area contributed by atoms with Gasteiger partial charge in [0.1, 0.15) is 0 Å². The highest BCUT2D eigenvalue weighted by Gasteiger charge is 2.09. The van der Waals surface area contributed by atoms with Crippen LogP contribution in [0.5, 0.6) is 0 Å². The Morgan fingerprint density at radius 1 is 1.15 bits per heavy atom. The van der Waals surface area contributed by atoms with Crippen LogP contribution in [0.1, 0.15) is 24.5 Å². The lowest BCUT2D eigenvalue weighted by Gasteiger charge is -2.18. The lowest BCUT2D eigenvalue weighted by atomic mass is 10.0. The van der Waals surface area contributed by atoms with Gasteiger partial charge in [0.05, 0.1) is 0 Å². The molecule has 1 atom stereocenters. The second kappa shape index (κ2) is 8.12. The predicted octanol–water partition coefficient (Wildman–Crippen LogP) is 3.39. The van der Waals surface area contributed by atoms with Crippen molar-refractivity contribution < 1.29 is 0 Å². The number of pyridine rings is 2. The normalized spacial score (nSPS) is 12.3. The Bertz CT molecular complexity index is 516. The number of nitrogens with one attached hydrogen (secondary N) is 1. The minimum Gasteiger partial charge on any atom is -0.314 e. The van der Waals surface area contributed by atoms with E-state index in [4.69, 9.17) is 0 Å². The first-order chi connectivity index (χ1) is 9.78. The number of hydrogen-bond acceptors (Lipinski definition) is 3. The Morgan fingerprint density at radius 3 is 2.65 bits per heavy atom. The number of halogens is 1. The van der Waals surface area contributed by atoms with Crippen LogP contribution in [-0.4, -0.2) is 22.6 Å². The van der Waals surface area contributed by atoms with E-state index in [-0.39, 0.29) is 0 Å². The van der Waals surface area contributed by atoms with E-state index in [1.807, 2.05) is 24.8 Å². The fourth-order valence-electron chi connectivity index (χ4n) is 2.31. The molecule has 0 fully saturated rings. The zero-order chi connectivity index (χ0) is 14.2. The molecule has 3 nitrogen and oxygen atoms in total. The molecule has 0 aliphatic heterocycles. The van der Waals surface area contributed by atoms with Crippen molar-refractivity contribution in [2.75, 3.05) is 6.54 Å². The van der Waals surface area contributed by atoms with Crippen LogP contribution >= 0.6 is 15.9 Å². The molecule has 0 aromatic carbocycles. The first kappa shape index (κ1) is 15.1. The van der Waals surface area contributed by atoms with Crippen LogP contribution in [-0.2, 0) is 12.8 Å². The maximum absolute atomic E-state index is 4.23. The quantitative estimate of drug-likeness (QED) is 0.843. The molecule has 0 saturated heterocycles. The summed E-state index contributed by atoms with van der Waals surface area (Å²) in [6.07, 6.45) is 10.7. The summed E-state index contributed by atoms with van der Waals surface area (Å²) in [5.41, 5.74) is 2.61. The van der Waals surface area contributed by atoms with Crippen molar-refractivity contribution in [3.05, 3.63) is 58.6 Å². The van der Waals surface area contributed by atoms with E-state index in [9.17, 15) is 0 Å². The van der Waals surface area contributed by atoms with Gasteiger partial charge in [0.25, 0.3) is 0 Å². The molecule has 0 amide bonds. The molecule has 0 bridgehead atoms. The van der Waals surface area contributed by atoms with E-state index < -0.39 is 0 Å². The highest BCUT2D eigenvalue weighted by atomic mass is 79.9. The molecule has 2 aromatic rings. The van der Waals surface area contributed by atoms with Crippen molar-refractivity contribution in [3.63, 3.8) is 0 Å². The molecule has 20 heavy (non-hydrogen) atoms. The number of nitrogens with zero attached hydrogens (tertiary/aromatic N) is 2. The van der Waals surface area contributed by atoms with Crippen molar-refractivity contribution in [2.24, 2.45) is 0 Å². The van der Waals surface area contributed by atoms with Gasteiger partial charge in [0.15, 0.2) is 0 Å². The molecular weight excluding hydrogens is 314 g/mol. The molecule has 0 radical (unpaired) electrons. The zero-order valence-electron chi connectivity index (χ0n) is 11.7. The second-order valence-corrected chi connectivity index (χ2v) is 5.78. The van der Waals surface area contributed by atoms with Crippen LogP contribution < -0.4 is 5.32 Å². The second-order valence-electron chi connectivity index (χ2n) is 4.86. The van der Waals surface area contributed by atoms with Crippen LogP contribution in [0, 0.1) is 0 Å². The Balaban J connectivity index is 1.93. The first-order valence-electron chi connectivity index (χ1n) is 6.99. The van der Waals surface area contributed by atoms with Crippen LogP contribution in [0.25, 0.3) is 0 Å². The third-order valence-electron chi connectivity index (χ3n) is 3.27. The first-order valence-corrected chi connectivity index (χ1v) is 7.79. The summed E-state index contributed by atoms with van der Waals surface area (Å²) in [5.74, 6) is 0. The lowest BCUT2D eigenvalue weighted by molar-refractivity contribution is 0.490. The molecule has 1 N–H and O–H groups in total. The van der Waals surface area contributed by atoms with Gasteiger partial charge in [0.2, 0.25) is 0 Å². The fourth-order valence-corrected chi connectivity index (χ4v) is 2.72. The molecular formula is C16H20BrN3. The van der Waals surface area contributed by atoms with E-state index in [2.05, 4.69) is 56.3 Å². The molecule has 2 rings (SSSR count). The topological polar surface area (TPSA) is 37.8 Å². The van der Waals surface area contributed by atoms with Gasteiger partial charge in [-0.2, -0.15) is 0 Å². The van der Waals surface area contributed by atoms with Crippen molar-refractivity contribution in [1.29, 1.82) is 0 Å². The van der Waals surface area contributed by atoms with Gasteiger partial charge >= 0.3 is 0 Å². The maximum atomic E-state index is 4.23. The van der Waals surface area contributed by atoms with Crippen molar-refractivity contribution in [2.45, 2.75) is 32.2 Å². The fraction of sp³-hybridized carbons (Fsp3) is 0.375. The standard InChI is InChI=1S/C16H20BrN3/c1-2-20-16(4-3-13-5-7-18-8-6-13)10-14-9-15(17)12-19-11-14/h5-9,11-12,16,20H,2-4,10H2,1H3. The van der Waals surface area contributed by atoms with E-state index in [0.717, 1.165) is 30.3 Å². The third kappa shape index (κ3) is 5.02. The molecule has 0 saturated carbocycles. The Labute approximate surface area is 129 Å². The van der Waals surface area contributed by atoms with Crippen LogP contribution in [0.15, 0.2) is 47.5 Å². The van der Waals surface area contributed by atoms with Gasteiger partial charge in [-0.05, 0) is 71.1 Å². The number of aryl methyl sites for hydroxylation is 1. The van der Waals surface area contributed by atoms with Gasteiger partial charge < -0.3 is 5.32 Å². The van der Waals surface area contributed by atoms with E-state index in [1.165, 1.54) is 11.1 Å². The summed E-state index contributed by atoms with van der Waals surface area (Å²) in [6, 6.07) is 6.79. The number of likely N-dealkylation sites (N-methyl/N-ethyl adjacent to an activating group) is 1. The molecule has 0 aliphatic rings. The van der Waals surface area contributed by atoms with E-state index >= 15 is 0 Å². The number of hydrogen-bond donors (Lipinski definition) is 1. The molecule has 1 unspecified atom stereocenters. The minimum atomic E-state index is 0.476. The molecule has 4 heteroatoms. The predicted molar refractivity (Wildman–Crippen MR) is 85.7 cm³/mol. The van der Waals surface area contributed by atoms with Crippen LogP contribution in [0.2, 0.25) is 0 Å². The van der Waals surface area contributed by atoms with Crippen molar-refractivity contribution in [1.82, 2.24) is 15.3 Å². The SMILES string of the molecule is CCNC(CCc1ccncc1)Cc1cncc(Br)c1. The summed E-state index contributed by atoms with van der Waals surface area (Å²) in [7, 11) is 0. The minimum absolute atomic E-state index is 0.476. The van der Waals surface area contributed by atoms with E-state index in [0.29, 0.717) is 6.04 Å². The summed E-state index contributed by atoms with van der Waals surface area (Å²) >= 11 is 3.48. The highest BCUT2D eigenvalue weighted by Crippen LogP contribution is 2.13. The molecule has 2 aromatic heterocycles. The summed E-state index contributed by atoms with van der Waals surface area (Å²) in [6.45, 7) is 3.14. The Kier molecular flexibility index (Phi) is 6.15. The molecule has 2 heterocycles. The summed E-state index contributed by atoms with van der Waals surface area (Å²) in [4.78, 5) is 8.29. The third-order valence-corrected chi connectivity index (χ3v) is 3.70. The van der Waals surface area contributed by atoms with Crippen molar-refractivity contribution in [3.8, 4) is 0 Å². The summed E-state index contributed by atoms with van der Waals surface area (Å²) in [5, 5.41) is 3.56. The number of aromatic nitrogens is 2. The Morgan fingerprint density at radius 2 is 1.95 bits per heavy atom. The van der Waals surface area contributed by atoms with Gasteiger partial charge in [-0.3, -0.25) is 9.97 Å². The van der Waals surface area contributed by atoms with Gasteiger partial charge in [-0.25, -0.2) is 0 Å².